The molecule has 0 radical (unpaired) electrons. The van der Waals surface area contributed by atoms with Crippen LogP contribution < -0.4 is 10.6 Å². The van der Waals surface area contributed by atoms with Crippen LogP contribution in [0.3, 0.4) is 0 Å². The highest BCUT2D eigenvalue weighted by atomic mass is 35.5. The van der Waals surface area contributed by atoms with Gasteiger partial charge in [0.05, 0.1) is 0 Å². The molecule has 1 heterocycles. The van der Waals surface area contributed by atoms with Crippen molar-refractivity contribution in [2.24, 2.45) is 0 Å². The van der Waals surface area contributed by atoms with Crippen molar-refractivity contribution < 1.29 is 9.59 Å². The van der Waals surface area contributed by atoms with E-state index < -0.39 is 0 Å². The first-order valence-electron chi connectivity index (χ1n) is 5.96. The summed E-state index contributed by atoms with van der Waals surface area (Å²) in [6, 6.07) is 7.17. The van der Waals surface area contributed by atoms with E-state index in [0.717, 1.165) is 12.0 Å². The molecule has 4 nitrogen and oxygen atoms in total. The van der Waals surface area contributed by atoms with Crippen molar-refractivity contribution in [3.05, 3.63) is 34.9 Å². The van der Waals surface area contributed by atoms with Crippen molar-refractivity contribution in [2.75, 3.05) is 6.54 Å². The molecule has 1 aromatic carbocycles. The minimum absolute atomic E-state index is 0.0483. The van der Waals surface area contributed by atoms with E-state index in [2.05, 4.69) is 10.6 Å². The number of benzene rings is 1. The molecular weight excluding hydrogens is 252 g/mol. The lowest BCUT2D eigenvalue weighted by atomic mass is 10.1. The number of halogens is 1. The number of rotatable bonds is 4. The van der Waals surface area contributed by atoms with Gasteiger partial charge in [-0.2, -0.15) is 0 Å². The van der Waals surface area contributed by atoms with Gasteiger partial charge in [0.15, 0.2) is 0 Å². The molecule has 1 atom stereocenters. The van der Waals surface area contributed by atoms with E-state index in [4.69, 9.17) is 11.6 Å². The van der Waals surface area contributed by atoms with Crippen molar-refractivity contribution in [1.29, 1.82) is 0 Å². The fourth-order valence-electron chi connectivity index (χ4n) is 1.92. The third kappa shape index (κ3) is 3.47. The van der Waals surface area contributed by atoms with Gasteiger partial charge < -0.3 is 10.6 Å². The van der Waals surface area contributed by atoms with Crippen molar-refractivity contribution >= 4 is 23.4 Å². The number of amides is 2. The van der Waals surface area contributed by atoms with Gasteiger partial charge in [-0.25, -0.2) is 0 Å². The van der Waals surface area contributed by atoms with E-state index in [1.165, 1.54) is 0 Å². The number of hydrogen-bond acceptors (Lipinski definition) is 2. The van der Waals surface area contributed by atoms with E-state index in [0.29, 0.717) is 24.4 Å². The Balaban J connectivity index is 1.73. The van der Waals surface area contributed by atoms with Crippen LogP contribution in [0.25, 0.3) is 0 Å². The molecule has 96 valence electrons. The van der Waals surface area contributed by atoms with E-state index in [1.807, 2.05) is 24.3 Å². The van der Waals surface area contributed by atoms with Gasteiger partial charge in [0, 0.05) is 18.0 Å². The molecule has 1 saturated heterocycles. The maximum atomic E-state index is 11.7. The van der Waals surface area contributed by atoms with Crippen LogP contribution in [0.5, 0.6) is 0 Å². The predicted octanol–water partition coefficient (Wildman–Crippen LogP) is 1.28. The van der Waals surface area contributed by atoms with Gasteiger partial charge in [-0.15, -0.1) is 0 Å². The average molecular weight is 267 g/mol. The first-order chi connectivity index (χ1) is 8.65. The van der Waals surface area contributed by atoms with E-state index >= 15 is 0 Å². The van der Waals surface area contributed by atoms with Crippen LogP contribution >= 0.6 is 11.6 Å². The fraction of sp³-hybridized carbons (Fsp3) is 0.385. The highest BCUT2D eigenvalue weighted by Gasteiger charge is 2.26. The fourth-order valence-corrected chi connectivity index (χ4v) is 2.04. The van der Waals surface area contributed by atoms with Crippen LogP contribution in [-0.2, 0) is 16.0 Å². The topological polar surface area (TPSA) is 58.2 Å². The third-order valence-corrected chi connectivity index (χ3v) is 3.19. The lowest BCUT2D eigenvalue weighted by Gasteiger charge is -2.10. The van der Waals surface area contributed by atoms with Crippen molar-refractivity contribution in [2.45, 2.75) is 25.3 Å². The van der Waals surface area contributed by atoms with Crippen LogP contribution in [0.15, 0.2) is 24.3 Å². The lowest BCUT2D eigenvalue weighted by Crippen LogP contribution is -2.42. The number of hydrogen-bond donors (Lipinski definition) is 2. The monoisotopic (exact) mass is 266 g/mol. The molecule has 0 spiro atoms. The predicted molar refractivity (Wildman–Crippen MR) is 69.3 cm³/mol. The zero-order chi connectivity index (χ0) is 13.0. The molecule has 0 aromatic heterocycles. The summed E-state index contributed by atoms with van der Waals surface area (Å²) in [6.07, 6.45) is 1.78. The molecule has 5 heteroatoms. The van der Waals surface area contributed by atoms with Crippen molar-refractivity contribution in [3.63, 3.8) is 0 Å². The SMILES string of the molecule is O=C1CCC(C(=O)NCCc2ccc(Cl)cc2)N1. The quantitative estimate of drug-likeness (QED) is 0.863. The molecule has 1 aliphatic heterocycles. The van der Waals surface area contributed by atoms with Crippen LogP contribution in [0.4, 0.5) is 0 Å². The summed E-state index contributed by atoms with van der Waals surface area (Å²) < 4.78 is 0. The molecule has 2 N–H and O–H groups in total. The highest BCUT2D eigenvalue weighted by Crippen LogP contribution is 2.10. The molecule has 1 unspecified atom stereocenters. The minimum atomic E-state index is -0.359. The Labute approximate surface area is 111 Å². The molecule has 0 saturated carbocycles. The normalized spacial score (nSPS) is 18.5. The summed E-state index contributed by atoms with van der Waals surface area (Å²) in [5.41, 5.74) is 1.12. The molecule has 18 heavy (non-hydrogen) atoms. The van der Waals surface area contributed by atoms with Crippen molar-refractivity contribution in [3.8, 4) is 0 Å². The second-order valence-corrected chi connectivity index (χ2v) is 4.76. The summed E-state index contributed by atoms with van der Waals surface area (Å²) in [7, 11) is 0. The Morgan fingerprint density at radius 2 is 2.11 bits per heavy atom. The molecule has 1 aliphatic rings. The molecular formula is C13H15ClN2O2. The lowest BCUT2D eigenvalue weighted by molar-refractivity contribution is -0.125. The molecule has 1 aromatic rings. The largest absolute Gasteiger partial charge is 0.354 e. The van der Waals surface area contributed by atoms with E-state index in [9.17, 15) is 9.59 Å². The van der Waals surface area contributed by atoms with Crippen LogP contribution in [0, 0.1) is 0 Å². The number of carbonyl (C=O) groups is 2. The first-order valence-corrected chi connectivity index (χ1v) is 6.34. The second-order valence-electron chi connectivity index (χ2n) is 4.33. The van der Waals surface area contributed by atoms with Crippen LogP contribution in [0.2, 0.25) is 5.02 Å². The summed E-state index contributed by atoms with van der Waals surface area (Å²) in [5, 5.41) is 6.17. The standard InChI is InChI=1S/C13H15ClN2O2/c14-10-3-1-9(2-4-10)7-8-15-13(18)11-5-6-12(17)16-11/h1-4,11H,5-8H2,(H,15,18)(H,16,17). The van der Waals surface area contributed by atoms with Crippen molar-refractivity contribution in [1.82, 2.24) is 10.6 Å². The van der Waals surface area contributed by atoms with E-state index in [1.54, 1.807) is 0 Å². The van der Waals surface area contributed by atoms with Gasteiger partial charge in [0.2, 0.25) is 11.8 Å². The summed E-state index contributed by atoms with van der Waals surface area (Å²) >= 11 is 5.79. The Hall–Kier alpha value is -1.55. The zero-order valence-electron chi connectivity index (χ0n) is 9.91. The maximum Gasteiger partial charge on any atom is 0.242 e. The summed E-state index contributed by atoms with van der Waals surface area (Å²) in [5.74, 6) is -0.150. The number of nitrogens with one attached hydrogen (secondary N) is 2. The Kier molecular flexibility index (Phi) is 4.20. The molecule has 0 aliphatic carbocycles. The molecule has 1 fully saturated rings. The van der Waals surface area contributed by atoms with Gasteiger partial charge >= 0.3 is 0 Å². The number of carbonyl (C=O) groups excluding carboxylic acids is 2. The molecule has 2 amide bonds. The van der Waals surface area contributed by atoms with Gasteiger partial charge in [0.1, 0.15) is 6.04 Å². The van der Waals surface area contributed by atoms with Gasteiger partial charge in [0.25, 0.3) is 0 Å². The average Bonchev–Trinajstić information content (AvgIpc) is 2.78. The van der Waals surface area contributed by atoms with E-state index in [-0.39, 0.29) is 17.9 Å². The Morgan fingerprint density at radius 1 is 1.39 bits per heavy atom. The first kappa shape index (κ1) is 12.9. The third-order valence-electron chi connectivity index (χ3n) is 2.94. The maximum absolute atomic E-state index is 11.7. The van der Waals surface area contributed by atoms with Crippen LogP contribution in [-0.4, -0.2) is 24.4 Å². The second kappa shape index (κ2) is 5.87. The molecule has 0 bridgehead atoms. The smallest absolute Gasteiger partial charge is 0.242 e. The van der Waals surface area contributed by atoms with Gasteiger partial charge in [-0.1, -0.05) is 23.7 Å². The summed E-state index contributed by atoms with van der Waals surface area (Å²) in [6.45, 7) is 0.562. The zero-order valence-corrected chi connectivity index (χ0v) is 10.7. The van der Waals surface area contributed by atoms with Gasteiger partial charge in [-0.05, 0) is 30.5 Å². The Bertz CT molecular complexity index is 445. The van der Waals surface area contributed by atoms with Gasteiger partial charge in [-0.3, -0.25) is 9.59 Å². The Morgan fingerprint density at radius 3 is 2.72 bits per heavy atom. The minimum Gasteiger partial charge on any atom is -0.354 e. The van der Waals surface area contributed by atoms with Crippen LogP contribution in [0.1, 0.15) is 18.4 Å². The highest BCUT2D eigenvalue weighted by molar-refractivity contribution is 6.30. The summed E-state index contributed by atoms with van der Waals surface area (Å²) in [4.78, 5) is 22.7. The molecule has 2 rings (SSSR count).